The van der Waals surface area contributed by atoms with E-state index < -0.39 is 11.9 Å². The van der Waals surface area contributed by atoms with Crippen LogP contribution >= 0.6 is 11.3 Å². The molecule has 42 heavy (non-hydrogen) atoms. The summed E-state index contributed by atoms with van der Waals surface area (Å²) in [6.07, 6.45) is 5.29. The van der Waals surface area contributed by atoms with E-state index in [4.69, 9.17) is 10.2 Å². The second-order valence-corrected chi connectivity index (χ2v) is 10.5. The Morgan fingerprint density at radius 1 is 0.929 bits per heavy atom. The highest BCUT2D eigenvalue weighted by molar-refractivity contribution is 7.15. The van der Waals surface area contributed by atoms with Crippen molar-refractivity contribution in [3.63, 3.8) is 0 Å². The van der Waals surface area contributed by atoms with Gasteiger partial charge in [0.15, 0.2) is 4.96 Å². The predicted octanol–water partition coefficient (Wildman–Crippen LogP) is 5.19. The number of carboxylic acids is 2. The largest absolute Gasteiger partial charge is 0.478 e. The van der Waals surface area contributed by atoms with Crippen molar-refractivity contribution in [3.05, 3.63) is 122 Å². The number of hydrogen-bond donors (Lipinski definition) is 2. The Labute approximate surface area is 244 Å². The summed E-state index contributed by atoms with van der Waals surface area (Å²) in [4.78, 5) is 39.6. The van der Waals surface area contributed by atoms with E-state index in [0.29, 0.717) is 18.6 Å². The third kappa shape index (κ3) is 7.83. The number of likely N-dealkylation sites (tertiary alicyclic amines) is 1. The first-order valence-electron chi connectivity index (χ1n) is 13.2. The fourth-order valence-corrected chi connectivity index (χ4v) is 5.57. The second-order valence-electron chi connectivity index (χ2n) is 9.63. The first kappa shape index (κ1) is 30.5. The van der Waals surface area contributed by atoms with Crippen LogP contribution in [0.2, 0.25) is 0 Å². The molecule has 218 valence electrons. The van der Waals surface area contributed by atoms with Gasteiger partial charge in [0.05, 0.1) is 0 Å². The molecule has 0 atom stereocenters. The average Bonchev–Trinajstić information content (AvgIpc) is 3.44. The number of hydrogen-bond acceptors (Lipinski definition) is 6. The molecule has 11 heteroatoms. The van der Waals surface area contributed by atoms with E-state index in [0.717, 1.165) is 65.4 Å². The van der Waals surface area contributed by atoms with Gasteiger partial charge >= 0.3 is 11.9 Å². The summed E-state index contributed by atoms with van der Waals surface area (Å²) in [6, 6.07) is 13.0. The topological polar surface area (TPSA) is 112 Å². The van der Waals surface area contributed by atoms with Gasteiger partial charge < -0.3 is 15.1 Å². The Hall–Kier alpha value is -4.48. The molecule has 0 saturated carbocycles. The smallest absolute Gasteiger partial charge is 0.328 e. The molecule has 1 fully saturated rings. The highest BCUT2D eigenvalue weighted by Gasteiger charge is 2.20. The van der Waals surface area contributed by atoms with Crippen LogP contribution in [-0.2, 0) is 16.0 Å². The number of fused-ring (bicyclic) bond motifs is 1. The van der Waals surface area contributed by atoms with Crippen LogP contribution in [0.5, 0.6) is 0 Å². The molecule has 3 heterocycles. The van der Waals surface area contributed by atoms with Crippen LogP contribution in [0.15, 0.2) is 82.6 Å². The molecule has 8 nitrogen and oxygen atoms in total. The molecule has 4 aromatic rings. The molecule has 1 aliphatic heterocycles. The number of benzene rings is 2. The zero-order valence-electron chi connectivity index (χ0n) is 22.8. The maximum atomic E-state index is 13.5. The van der Waals surface area contributed by atoms with E-state index in [-0.39, 0.29) is 17.2 Å². The minimum Gasteiger partial charge on any atom is -0.478 e. The first-order valence-corrected chi connectivity index (χ1v) is 14.1. The number of piperidine rings is 1. The monoisotopic (exact) mass is 593 g/mol. The Morgan fingerprint density at radius 3 is 1.95 bits per heavy atom. The highest BCUT2D eigenvalue weighted by atomic mass is 32.1. The molecular weight excluding hydrogens is 564 g/mol. The molecule has 0 spiro atoms. The van der Waals surface area contributed by atoms with Gasteiger partial charge in [-0.1, -0.05) is 29.8 Å². The minimum atomic E-state index is -1.26. The number of aryl methyl sites for hydroxylation is 1. The summed E-state index contributed by atoms with van der Waals surface area (Å²) < 4.78 is 28.7. The molecule has 2 N–H and O–H groups in total. The Morgan fingerprint density at radius 2 is 1.45 bits per heavy atom. The molecular formula is C31H29F2N3O5S. The molecule has 2 aromatic heterocycles. The van der Waals surface area contributed by atoms with Crippen molar-refractivity contribution in [1.82, 2.24) is 14.3 Å². The van der Waals surface area contributed by atoms with Crippen LogP contribution in [0.3, 0.4) is 0 Å². The lowest BCUT2D eigenvalue weighted by atomic mass is 9.88. The number of carboxylic acid groups (broad SMARTS) is 2. The molecule has 2 aromatic carbocycles. The van der Waals surface area contributed by atoms with Crippen LogP contribution in [0, 0.1) is 18.6 Å². The van der Waals surface area contributed by atoms with Gasteiger partial charge in [-0.15, -0.1) is 11.3 Å². The van der Waals surface area contributed by atoms with E-state index in [1.54, 1.807) is 34.9 Å². The number of thiazole rings is 1. The molecule has 0 aliphatic carbocycles. The van der Waals surface area contributed by atoms with E-state index in [1.807, 2.05) is 12.3 Å². The zero-order valence-corrected chi connectivity index (χ0v) is 23.6. The fourth-order valence-electron chi connectivity index (χ4n) is 4.82. The number of rotatable bonds is 7. The van der Waals surface area contributed by atoms with Gasteiger partial charge in [-0.2, -0.15) is 0 Å². The van der Waals surface area contributed by atoms with Crippen LogP contribution < -0.4 is 5.56 Å². The van der Waals surface area contributed by atoms with Gasteiger partial charge in [-0.25, -0.2) is 23.4 Å². The molecule has 5 rings (SSSR count). The zero-order chi connectivity index (χ0) is 30.2. The van der Waals surface area contributed by atoms with E-state index in [2.05, 4.69) is 9.88 Å². The third-order valence-electron chi connectivity index (χ3n) is 6.89. The van der Waals surface area contributed by atoms with Crippen molar-refractivity contribution < 1.29 is 28.6 Å². The van der Waals surface area contributed by atoms with Crippen molar-refractivity contribution in [3.8, 4) is 0 Å². The molecule has 0 radical (unpaired) electrons. The van der Waals surface area contributed by atoms with Crippen LogP contribution in [0.4, 0.5) is 8.78 Å². The molecule has 1 aliphatic rings. The average molecular weight is 594 g/mol. The maximum absolute atomic E-state index is 13.5. The first-order chi connectivity index (χ1) is 20.1. The van der Waals surface area contributed by atoms with Crippen LogP contribution in [0.1, 0.15) is 35.2 Å². The summed E-state index contributed by atoms with van der Waals surface area (Å²) in [5, 5.41) is 17.5. The number of aliphatic carboxylic acids is 2. The lowest BCUT2D eigenvalue weighted by molar-refractivity contribution is -0.134. The van der Waals surface area contributed by atoms with Crippen molar-refractivity contribution in [2.24, 2.45) is 0 Å². The summed E-state index contributed by atoms with van der Waals surface area (Å²) >= 11 is 1.47. The normalized spacial score (nSPS) is 13.6. The van der Waals surface area contributed by atoms with Gasteiger partial charge in [0, 0.05) is 54.6 Å². The van der Waals surface area contributed by atoms with E-state index >= 15 is 0 Å². The van der Waals surface area contributed by atoms with Gasteiger partial charge in [-0.05, 0) is 67.2 Å². The third-order valence-corrected chi connectivity index (χ3v) is 7.65. The Balaban J connectivity index is 0.000000446. The standard InChI is InChI=1S/C27H25F2N3OS.C4H4O4/c1-18-24(26(33)32-16-17-34-27(32)30-18)12-15-31-13-10-21(11-14-31)25(19-2-6-22(28)7-3-19)20-4-8-23(29)9-5-20;5-3(6)1-2-4(7)8/h2-9,16-17H,10-15H2,1H3;1-2H,(H,5,6)(H,7,8)/b;2-1-. The Bertz CT molecular complexity index is 1620. The van der Waals surface area contributed by atoms with Crippen molar-refractivity contribution in [2.75, 3.05) is 19.6 Å². The SMILES string of the molecule is Cc1nc2sccn2c(=O)c1CCN1CCC(=C(c2ccc(F)cc2)c2ccc(F)cc2)CC1.O=C(O)/C=C\C(=O)O. The lowest BCUT2D eigenvalue weighted by Gasteiger charge is -2.30. The van der Waals surface area contributed by atoms with Gasteiger partial charge in [0.2, 0.25) is 0 Å². The summed E-state index contributed by atoms with van der Waals surface area (Å²) in [7, 11) is 0. The van der Waals surface area contributed by atoms with Crippen molar-refractivity contribution >= 4 is 33.8 Å². The lowest BCUT2D eigenvalue weighted by Crippen LogP contribution is -2.34. The second kappa shape index (κ2) is 13.9. The van der Waals surface area contributed by atoms with Crippen LogP contribution in [0.25, 0.3) is 10.5 Å². The number of carbonyl (C=O) groups is 2. The number of aromatic nitrogens is 2. The summed E-state index contributed by atoms with van der Waals surface area (Å²) in [6.45, 7) is 4.44. The Kier molecular flexibility index (Phi) is 10.1. The van der Waals surface area contributed by atoms with E-state index in [1.165, 1.54) is 41.2 Å². The molecule has 0 amide bonds. The van der Waals surface area contributed by atoms with Crippen LogP contribution in [-0.4, -0.2) is 56.1 Å². The molecule has 1 saturated heterocycles. The number of nitrogens with zero attached hydrogens (tertiary/aromatic N) is 3. The molecule has 0 unspecified atom stereocenters. The molecule has 0 bridgehead atoms. The highest BCUT2D eigenvalue weighted by Crippen LogP contribution is 2.32. The number of halogens is 2. The van der Waals surface area contributed by atoms with Crippen molar-refractivity contribution in [1.29, 1.82) is 0 Å². The van der Waals surface area contributed by atoms with Crippen molar-refractivity contribution in [2.45, 2.75) is 26.2 Å². The quantitative estimate of drug-likeness (QED) is 0.284. The maximum Gasteiger partial charge on any atom is 0.328 e. The predicted molar refractivity (Wildman–Crippen MR) is 157 cm³/mol. The summed E-state index contributed by atoms with van der Waals surface area (Å²) in [5.41, 5.74) is 5.82. The van der Waals surface area contributed by atoms with Gasteiger partial charge in [0.1, 0.15) is 11.6 Å². The fraction of sp³-hybridized carbons (Fsp3) is 0.226. The minimum absolute atomic E-state index is 0.0243. The summed E-state index contributed by atoms with van der Waals surface area (Å²) in [5.74, 6) is -3.06. The van der Waals surface area contributed by atoms with E-state index in [9.17, 15) is 23.2 Å². The van der Waals surface area contributed by atoms with Gasteiger partial charge in [-0.3, -0.25) is 9.20 Å². The van der Waals surface area contributed by atoms with Gasteiger partial charge in [0.25, 0.3) is 5.56 Å².